The molecule has 2 heterocycles. The Balaban J connectivity index is 1.46. The number of aromatic nitrogens is 1. The molecule has 0 bridgehead atoms. The van der Waals surface area contributed by atoms with E-state index in [2.05, 4.69) is 97.1 Å². The molecule has 0 atom stereocenters. The summed E-state index contributed by atoms with van der Waals surface area (Å²) in [4.78, 5) is 5.03. The molecule has 176 valence electrons. The fourth-order valence-corrected chi connectivity index (χ4v) is 4.59. The first-order chi connectivity index (χ1) is 18.3. The number of pyridine rings is 1. The Kier molecular flexibility index (Phi) is 6.38. The second-order valence-electron chi connectivity index (χ2n) is 9.08. The summed E-state index contributed by atoms with van der Waals surface area (Å²) >= 11 is 0. The van der Waals surface area contributed by atoms with Gasteiger partial charge in [0.15, 0.2) is 0 Å². The van der Waals surface area contributed by atoms with Crippen molar-refractivity contribution in [1.82, 2.24) is 4.98 Å². The molecule has 37 heavy (non-hydrogen) atoms. The molecule has 2 heteroatoms. The van der Waals surface area contributed by atoms with Gasteiger partial charge in [-0.1, -0.05) is 97.1 Å². The van der Waals surface area contributed by atoms with Crippen LogP contribution in [0.15, 0.2) is 150 Å². The number of hydrogen-bond acceptors (Lipinski definition) is 1. The molecule has 0 amide bonds. The molecule has 2 aromatic heterocycles. The van der Waals surface area contributed by atoms with E-state index in [-0.39, 0.29) is 0 Å². The Morgan fingerprint density at radius 3 is 1.16 bits per heavy atom. The summed E-state index contributed by atoms with van der Waals surface area (Å²) in [6.45, 7) is 0. The highest BCUT2D eigenvalue weighted by atomic mass is 16.3. The summed E-state index contributed by atoms with van der Waals surface area (Å²) in [5.41, 5.74) is 8.69. The van der Waals surface area contributed by atoms with Gasteiger partial charge >= 0.3 is 11.5 Å². The van der Waals surface area contributed by atoms with Gasteiger partial charge in [-0.25, -0.2) is 9.40 Å². The molecule has 0 saturated carbocycles. The predicted octanol–water partition coefficient (Wildman–Crippen LogP) is 9.21. The first kappa shape index (κ1) is 22.6. The van der Waals surface area contributed by atoms with Crippen molar-refractivity contribution in [3.05, 3.63) is 157 Å². The lowest BCUT2D eigenvalue weighted by atomic mass is 9.98. The van der Waals surface area contributed by atoms with E-state index in [0.29, 0.717) is 0 Å². The van der Waals surface area contributed by atoms with Crippen molar-refractivity contribution in [2.24, 2.45) is 0 Å². The average molecular weight is 477 g/mol. The predicted molar refractivity (Wildman–Crippen MR) is 152 cm³/mol. The molecular formula is C35H26NO+. The Bertz CT molecular complexity index is 1370. The minimum atomic E-state index is 0.762. The minimum absolute atomic E-state index is 0.762. The highest BCUT2D eigenvalue weighted by Crippen LogP contribution is 2.31. The van der Waals surface area contributed by atoms with Crippen molar-refractivity contribution in [1.29, 1.82) is 0 Å². The van der Waals surface area contributed by atoms with E-state index in [1.165, 1.54) is 11.1 Å². The average Bonchev–Trinajstić information content (AvgIpc) is 2.99. The van der Waals surface area contributed by atoms with Crippen LogP contribution >= 0.6 is 0 Å². The van der Waals surface area contributed by atoms with Crippen LogP contribution in [0.1, 0.15) is 11.1 Å². The molecule has 0 unspecified atom stereocenters. The van der Waals surface area contributed by atoms with Gasteiger partial charge in [-0.15, -0.1) is 0 Å². The lowest BCUT2D eigenvalue weighted by Gasteiger charge is -2.10. The largest absolute Gasteiger partial charge is 0.361 e. The number of rotatable bonds is 6. The maximum absolute atomic E-state index is 6.40. The van der Waals surface area contributed by atoms with E-state index < -0.39 is 0 Å². The molecule has 0 saturated heterocycles. The SMILES string of the molecule is c1ccc(-c2cc(Cc3cc(-c4ccccc4)[o+]c(-c4ccccc4)c3)cc(-c3ccccc3)n2)cc1. The number of hydrogen-bond donors (Lipinski definition) is 0. The molecule has 2 nitrogen and oxygen atoms in total. The van der Waals surface area contributed by atoms with Crippen LogP contribution in [0, 0.1) is 0 Å². The van der Waals surface area contributed by atoms with Gasteiger partial charge in [0.1, 0.15) is 0 Å². The molecule has 0 aliphatic rings. The Morgan fingerprint density at radius 1 is 0.405 bits per heavy atom. The first-order valence-corrected chi connectivity index (χ1v) is 12.5. The van der Waals surface area contributed by atoms with Crippen molar-refractivity contribution in [2.45, 2.75) is 6.42 Å². The standard InChI is InChI=1S/C35H26NO/c1-5-13-28(14-6-1)32-22-26(23-33(36-32)29-15-7-2-8-16-29)21-27-24-34(30-17-9-3-10-18-30)37-35(25-27)31-19-11-4-12-20-31/h1-20,22-25H,21H2/q+1. The van der Waals surface area contributed by atoms with E-state index in [0.717, 1.165) is 51.6 Å². The van der Waals surface area contributed by atoms with Crippen molar-refractivity contribution >= 4 is 0 Å². The number of nitrogens with zero attached hydrogens (tertiary/aromatic N) is 1. The zero-order valence-corrected chi connectivity index (χ0v) is 20.4. The molecule has 0 radical (unpaired) electrons. The van der Waals surface area contributed by atoms with Crippen molar-refractivity contribution in [2.75, 3.05) is 0 Å². The molecule has 0 aliphatic heterocycles. The maximum atomic E-state index is 6.40. The molecule has 0 N–H and O–H groups in total. The van der Waals surface area contributed by atoms with Gasteiger partial charge in [0.2, 0.25) is 0 Å². The lowest BCUT2D eigenvalue weighted by molar-refractivity contribution is 0.580. The van der Waals surface area contributed by atoms with Gasteiger partial charge < -0.3 is 0 Å². The second-order valence-corrected chi connectivity index (χ2v) is 9.08. The Hall–Kier alpha value is -4.82. The monoisotopic (exact) mass is 476 g/mol. The summed E-state index contributed by atoms with van der Waals surface area (Å²) in [5.74, 6) is 1.72. The summed E-state index contributed by atoms with van der Waals surface area (Å²) in [6, 6.07) is 50.1. The minimum Gasteiger partial charge on any atom is -0.248 e. The smallest absolute Gasteiger partial charge is 0.248 e. The van der Waals surface area contributed by atoms with Crippen LogP contribution in [0.4, 0.5) is 0 Å². The van der Waals surface area contributed by atoms with Gasteiger partial charge in [0.25, 0.3) is 0 Å². The molecular weight excluding hydrogens is 450 g/mol. The fourth-order valence-electron chi connectivity index (χ4n) is 4.59. The molecule has 0 aliphatic carbocycles. The van der Waals surface area contributed by atoms with Crippen LogP contribution in [-0.2, 0) is 6.42 Å². The normalized spacial score (nSPS) is 10.8. The summed E-state index contributed by atoms with van der Waals surface area (Å²) < 4.78 is 6.40. The lowest BCUT2D eigenvalue weighted by Crippen LogP contribution is -1.96. The third-order valence-electron chi connectivity index (χ3n) is 6.40. The first-order valence-electron chi connectivity index (χ1n) is 12.5. The van der Waals surface area contributed by atoms with Crippen LogP contribution in [-0.4, -0.2) is 4.98 Å². The van der Waals surface area contributed by atoms with Crippen molar-refractivity contribution in [3.8, 4) is 45.2 Å². The topological polar surface area (TPSA) is 24.2 Å². The third kappa shape index (κ3) is 5.24. The van der Waals surface area contributed by atoms with E-state index in [9.17, 15) is 0 Å². The summed E-state index contributed by atoms with van der Waals surface area (Å²) in [6.07, 6.45) is 0.762. The summed E-state index contributed by atoms with van der Waals surface area (Å²) in [7, 11) is 0. The van der Waals surface area contributed by atoms with Crippen LogP contribution in [0.3, 0.4) is 0 Å². The van der Waals surface area contributed by atoms with Gasteiger partial charge in [-0.3, -0.25) is 0 Å². The Morgan fingerprint density at radius 2 is 0.757 bits per heavy atom. The molecule has 6 rings (SSSR count). The molecule has 4 aromatic carbocycles. The number of benzene rings is 4. The van der Waals surface area contributed by atoms with Crippen molar-refractivity contribution < 1.29 is 4.42 Å². The van der Waals surface area contributed by atoms with Gasteiger partial charge in [0.05, 0.1) is 22.5 Å². The van der Waals surface area contributed by atoms with Gasteiger partial charge in [-0.05, 0) is 53.9 Å². The van der Waals surface area contributed by atoms with Crippen LogP contribution in [0.25, 0.3) is 45.2 Å². The van der Waals surface area contributed by atoms with E-state index >= 15 is 0 Å². The van der Waals surface area contributed by atoms with Crippen LogP contribution < -0.4 is 0 Å². The highest BCUT2D eigenvalue weighted by Gasteiger charge is 2.20. The van der Waals surface area contributed by atoms with E-state index in [1.807, 2.05) is 48.5 Å². The fraction of sp³-hybridized carbons (Fsp3) is 0.0286. The van der Waals surface area contributed by atoms with Gasteiger partial charge in [-0.2, -0.15) is 0 Å². The summed E-state index contributed by atoms with van der Waals surface area (Å²) in [5, 5.41) is 0. The molecule has 0 spiro atoms. The third-order valence-corrected chi connectivity index (χ3v) is 6.40. The second kappa shape index (κ2) is 10.4. The quantitative estimate of drug-likeness (QED) is 0.224. The highest BCUT2D eigenvalue weighted by molar-refractivity contribution is 5.68. The van der Waals surface area contributed by atoms with Crippen LogP contribution in [0.5, 0.6) is 0 Å². The molecule has 6 aromatic rings. The van der Waals surface area contributed by atoms with Crippen LogP contribution in [0.2, 0.25) is 0 Å². The maximum Gasteiger partial charge on any atom is 0.361 e. The van der Waals surface area contributed by atoms with Gasteiger partial charge in [0, 0.05) is 23.3 Å². The molecule has 0 fully saturated rings. The van der Waals surface area contributed by atoms with E-state index in [1.54, 1.807) is 0 Å². The Labute approximate surface area is 217 Å². The van der Waals surface area contributed by atoms with E-state index in [4.69, 9.17) is 9.40 Å². The zero-order chi connectivity index (χ0) is 24.9. The zero-order valence-electron chi connectivity index (χ0n) is 20.4. The van der Waals surface area contributed by atoms with Crippen molar-refractivity contribution in [3.63, 3.8) is 0 Å².